The molecule has 2 aromatic rings. The lowest BCUT2D eigenvalue weighted by Gasteiger charge is -2.34. The number of fused-ring (bicyclic) bond motifs is 1. The molecule has 1 fully saturated rings. The van der Waals surface area contributed by atoms with Crippen LogP contribution in [0.1, 0.15) is 11.1 Å². The molecule has 2 aromatic carbocycles. The van der Waals surface area contributed by atoms with Gasteiger partial charge in [0.2, 0.25) is 0 Å². The molecule has 1 N–H and O–H groups in total. The highest BCUT2D eigenvalue weighted by atomic mass is 35.5. The summed E-state index contributed by atoms with van der Waals surface area (Å²) in [6, 6.07) is 16.1. The standard InChI is InChI=1S/C20H20ClN3O/c21-16-6-7-17-18(20(25)22-19(17)12-16)14-24-10-8-23(9-11-24)13-15-4-2-1-3-5-15/h1-7,12,14H,8-11,13H2,(H,22,25)/b18-14+. The third kappa shape index (κ3) is 3.55. The summed E-state index contributed by atoms with van der Waals surface area (Å²) in [5.74, 6) is -0.0519. The summed E-state index contributed by atoms with van der Waals surface area (Å²) < 4.78 is 0. The van der Waals surface area contributed by atoms with Crippen molar-refractivity contribution in [2.24, 2.45) is 0 Å². The molecule has 4 rings (SSSR count). The van der Waals surface area contributed by atoms with E-state index >= 15 is 0 Å². The van der Waals surface area contributed by atoms with Crippen LogP contribution in [-0.2, 0) is 11.3 Å². The first kappa shape index (κ1) is 16.2. The van der Waals surface area contributed by atoms with Gasteiger partial charge in [-0.2, -0.15) is 0 Å². The van der Waals surface area contributed by atoms with Crippen LogP contribution in [0.4, 0.5) is 5.69 Å². The van der Waals surface area contributed by atoms with Gasteiger partial charge in [0.05, 0.1) is 11.3 Å². The summed E-state index contributed by atoms with van der Waals surface area (Å²) >= 11 is 6.01. The van der Waals surface area contributed by atoms with E-state index in [9.17, 15) is 4.79 Å². The highest BCUT2D eigenvalue weighted by Gasteiger charge is 2.26. The summed E-state index contributed by atoms with van der Waals surface area (Å²) in [5.41, 5.74) is 3.80. The second-order valence-corrected chi connectivity index (χ2v) is 6.92. The van der Waals surface area contributed by atoms with Gasteiger partial charge < -0.3 is 10.2 Å². The topological polar surface area (TPSA) is 35.6 Å². The van der Waals surface area contributed by atoms with Crippen molar-refractivity contribution < 1.29 is 4.79 Å². The van der Waals surface area contributed by atoms with E-state index in [4.69, 9.17) is 11.6 Å². The quantitative estimate of drug-likeness (QED) is 0.858. The van der Waals surface area contributed by atoms with Crippen molar-refractivity contribution in [3.05, 3.63) is 70.9 Å². The molecule has 0 atom stereocenters. The number of benzene rings is 2. The Hall–Kier alpha value is -2.30. The van der Waals surface area contributed by atoms with Crippen LogP contribution in [0.15, 0.2) is 54.7 Å². The van der Waals surface area contributed by atoms with Crippen molar-refractivity contribution in [3.8, 4) is 0 Å². The zero-order valence-corrected chi connectivity index (χ0v) is 14.7. The Kier molecular flexibility index (Phi) is 4.47. The molecule has 0 bridgehead atoms. The number of anilines is 1. The van der Waals surface area contributed by atoms with E-state index in [1.807, 2.05) is 24.4 Å². The third-order valence-electron chi connectivity index (χ3n) is 4.73. The highest BCUT2D eigenvalue weighted by Crippen LogP contribution is 2.34. The van der Waals surface area contributed by atoms with Crippen LogP contribution < -0.4 is 5.32 Å². The fourth-order valence-corrected chi connectivity index (χ4v) is 3.54. The number of amides is 1. The lowest BCUT2D eigenvalue weighted by atomic mass is 10.1. The molecule has 0 radical (unpaired) electrons. The molecule has 0 unspecified atom stereocenters. The van der Waals surface area contributed by atoms with Gasteiger partial charge in [0.25, 0.3) is 5.91 Å². The molecular weight excluding hydrogens is 334 g/mol. The first-order chi connectivity index (χ1) is 12.2. The van der Waals surface area contributed by atoms with Crippen LogP contribution in [0.2, 0.25) is 5.02 Å². The molecule has 0 aromatic heterocycles. The summed E-state index contributed by atoms with van der Waals surface area (Å²) in [4.78, 5) is 16.9. The van der Waals surface area contributed by atoms with Gasteiger partial charge in [-0.3, -0.25) is 9.69 Å². The van der Waals surface area contributed by atoms with E-state index in [1.165, 1.54) is 5.56 Å². The normalized spacial score (nSPS) is 19.2. The SMILES string of the molecule is O=C1Nc2cc(Cl)ccc2/C1=C\N1CCN(Cc2ccccc2)CC1. The Morgan fingerprint density at radius 3 is 2.56 bits per heavy atom. The van der Waals surface area contributed by atoms with Crippen LogP contribution in [-0.4, -0.2) is 41.9 Å². The van der Waals surface area contributed by atoms with Gasteiger partial charge in [-0.05, 0) is 17.7 Å². The van der Waals surface area contributed by atoms with E-state index < -0.39 is 0 Å². The third-order valence-corrected chi connectivity index (χ3v) is 4.97. The van der Waals surface area contributed by atoms with E-state index in [0.29, 0.717) is 5.02 Å². The Morgan fingerprint density at radius 2 is 1.80 bits per heavy atom. The second-order valence-electron chi connectivity index (χ2n) is 6.48. The predicted octanol–water partition coefficient (Wildman–Crippen LogP) is 3.45. The van der Waals surface area contributed by atoms with Crippen LogP contribution >= 0.6 is 11.6 Å². The smallest absolute Gasteiger partial charge is 0.257 e. The van der Waals surface area contributed by atoms with E-state index in [0.717, 1.165) is 49.5 Å². The monoisotopic (exact) mass is 353 g/mol. The number of rotatable bonds is 3. The van der Waals surface area contributed by atoms with Gasteiger partial charge in [-0.25, -0.2) is 0 Å². The molecule has 128 valence electrons. The Labute approximate surface area is 152 Å². The maximum atomic E-state index is 12.3. The number of nitrogens with one attached hydrogen (secondary N) is 1. The van der Waals surface area contributed by atoms with Crippen LogP contribution in [0.3, 0.4) is 0 Å². The molecule has 25 heavy (non-hydrogen) atoms. The van der Waals surface area contributed by atoms with Gasteiger partial charge in [0.1, 0.15) is 0 Å². The van der Waals surface area contributed by atoms with Crippen molar-refractivity contribution in [1.82, 2.24) is 9.80 Å². The Bertz CT molecular complexity index is 811. The molecule has 0 spiro atoms. The van der Waals surface area contributed by atoms with Gasteiger partial charge in [-0.15, -0.1) is 0 Å². The summed E-state index contributed by atoms with van der Waals surface area (Å²) in [6.07, 6.45) is 1.99. The minimum Gasteiger partial charge on any atom is -0.374 e. The predicted molar refractivity (Wildman–Crippen MR) is 101 cm³/mol. The van der Waals surface area contributed by atoms with Crippen LogP contribution in [0, 0.1) is 0 Å². The number of hydrogen-bond acceptors (Lipinski definition) is 3. The fraction of sp³-hybridized carbons (Fsp3) is 0.250. The number of carbonyl (C=O) groups is 1. The number of carbonyl (C=O) groups excluding carboxylic acids is 1. The van der Waals surface area contributed by atoms with Crippen molar-refractivity contribution >= 4 is 28.8 Å². The van der Waals surface area contributed by atoms with E-state index in [2.05, 4.69) is 39.4 Å². The first-order valence-corrected chi connectivity index (χ1v) is 8.90. The maximum absolute atomic E-state index is 12.3. The molecule has 2 aliphatic rings. The maximum Gasteiger partial charge on any atom is 0.257 e. The molecule has 0 aliphatic carbocycles. The number of piperazine rings is 1. The molecule has 1 amide bonds. The molecule has 0 saturated carbocycles. The van der Waals surface area contributed by atoms with Gasteiger partial charge in [-0.1, -0.05) is 48.0 Å². The van der Waals surface area contributed by atoms with Gasteiger partial charge in [0.15, 0.2) is 0 Å². The number of hydrogen-bond donors (Lipinski definition) is 1. The minimum atomic E-state index is -0.0519. The summed E-state index contributed by atoms with van der Waals surface area (Å²) in [5, 5.41) is 3.52. The zero-order chi connectivity index (χ0) is 17.2. The fourth-order valence-electron chi connectivity index (χ4n) is 3.37. The molecule has 1 saturated heterocycles. The zero-order valence-electron chi connectivity index (χ0n) is 13.9. The van der Waals surface area contributed by atoms with Gasteiger partial charge in [0, 0.05) is 49.5 Å². The van der Waals surface area contributed by atoms with Crippen LogP contribution in [0.25, 0.3) is 5.57 Å². The Morgan fingerprint density at radius 1 is 1.04 bits per heavy atom. The second kappa shape index (κ2) is 6.90. The molecule has 4 nitrogen and oxygen atoms in total. The van der Waals surface area contributed by atoms with Crippen molar-refractivity contribution in [2.45, 2.75) is 6.54 Å². The first-order valence-electron chi connectivity index (χ1n) is 8.52. The highest BCUT2D eigenvalue weighted by molar-refractivity contribution is 6.34. The average Bonchev–Trinajstić information content (AvgIpc) is 2.92. The molecule has 2 aliphatic heterocycles. The molecule has 2 heterocycles. The Balaban J connectivity index is 1.42. The summed E-state index contributed by atoms with van der Waals surface area (Å²) in [7, 11) is 0. The number of halogens is 1. The van der Waals surface area contributed by atoms with Crippen molar-refractivity contribution in [1.29, 1.82) is 0 Å². The largest absolute Gasteiger partial charge is 0.374 e. The minimum absolute atomic E-state index is 0.0519. The average molecular weight is 354 g/mol. The lowest BCUT2D eigenvalue weighted by molar-refractivity contribution is -0.110. The number of nitrogens with zero attached hydrogens (tertiary/aromatic N) is 2. The van der Waals surface area contributed by atoms with E-state index in [-0.39, 0.29) is 5.91 Å². The van der Waals surface area contributed by atoms with Crippen LogP contribution in [0.5, 0.6) is 0 Å². The van der Waals surface area contributed by atoms with Crippen molar-refractivity contribution in [3.63, 3.8) is 0 Å². The van der Waals surface area contributed by atoms with Crippen molar-refractivity contribution in [2.75, 3.05) is 31.5 Å². The van der Waals surface area contributed by atoms with E-state index in [1.54, 1.807) is 6.07 Å². The molecular formula is C20H20ClN3O. The summed E-state index contributed by atoms with van der Waals surface area (Å²) in [6.45, 7) is 4.81. The lowest BCUT2D eigenvalue weighted by Crippen LogP contribution is -2.43. The molecule has 5 heteroatoms. The van der Waals surface area contributed by atoms with Gasteiger partial charge >= 0.3 is 0 Å².